The number of nitrogens with zero attached hydrogens (tertiary/aromatic N) is 1. The highest BCUT2D eigenvalue weighted by Crippen LogP contribution is 2.27. The van der Waals surface area contributed by atoms with Gasteiger partial charge in [-0.1, -0.05) is 11.6 Å². The molecule has 0 saturated heterocycles. The van der Waals surface area contributed by atoms with Crippen molar-refractivity contribution in [3.63, 3.8) is 0 Å². The number of rotatable bonds is 4. The number of hydrogen-bond acceptors (Lipinski definition) is 3. The van der Waals surface area contributed by atoms with Crippen LogP contribution in [0.15, 0.2) is 36.5 Å². The second-order valence-corrected chi connectivity index (χ2v) is 6.20. The largest absolute Gasteiger partial charge is 0.438 e. The number of aromatic nitrogens is 1. The van der Waals surface area contributed by atoms with Crippen LogP contribution in [0, 0.1) is 5.82 Å². The molecule has 21 heavy (non-hydrogen) atoms. The Morgan fingerprint density at radius 3 is 2.48 bits per heavy atom. The van der Waals surface area contributed by atoms with Crippen LogP contribution in [0.5, 0.6) is 11.6 Å². The van der Waals surface area contributed by atoms with Crippen molar-refractivity contribution in [2.75, 3.05) is 0 Å². The second-order valence-electron chi connectivity index (χ2n) is 5.79. The lowest BCUT2D eigenvalue weighted by Gasteiger charge is -2.20. The van der Waals surface area contributed by atoms with E-state index in [1.165, 1.54) is 24.3 Å². The van der Waals surface area contributed by atoms with Crippen LogP contribution in [0.25, 0.3) is 0 Å². The van der Waals surface area contributed by atoms with Gasteiger partial charge in [-0.15, -0.1) is 0 Å². The zero-order valence-electron chi connectivity index (χ0n) is 12.3. The number of pyridine rings is 1. The van der Waals surface area contributed by atoms with Crippen molar-refractivity contribution in [2.45, 2.75) is 32.9 Å². The zero-order chi connectivity index (χ0) is 15.5. The van der Waals surface area contributed by atoms with Gasteiger partial charge in [0.2, 0.25) is 5.88 Å². The van der Waals surface area contributed by atoms with Gasteiger partial charge in [0.25, 0.3) is 0 Å². The fourth-order valence-corrected chi connectivity index (χ4v) is 1.85. The molecule has 2 aromatic rings. The van der Waals surface area contributed by atoms with Crippen LogP contribution in [0.4, 0.5) is 4.39 Å². The maximum atomic E-state index is 12.8. The molecule has 1 heterocycles. The van der Waals surface area contributed by atoms with Crippen LogP contribution < -0.4 is 10.1 Å². The maximum Gasteiger partial charge on any atom is 0.238 e. The van der Waals surface area contributed by atoms with E-state index in [9.17, 15) is 4.39 Å². The van der Waals surface area contributed by atoms with Gasteiger partial charge in [-0.3, -0.25) is 0 Å². The van der Waals surface area contributed by atoms with Crippen molar-refractivity contribution in [1.82, 2.24) is 10.3 Å². The summed E-state index contributed by atoms with van der Waals surface area (Å²) >= 11 is 6.17. The van der Waals surface area contributed by atoms with Crippen molar-refractivity contribution in [1.29, 1.82) is 0 Å². The lowest BCUT2D eigenvalue weighted by atomic mass is 10.1. The Morgan fingerprint density at radius 1 is 1.24 bits per heavy atom. The number of halogens is 2. The van der Waals surface area contributed by atoms with Gasteiger partial charge in [0.05, 0.1) is 0 Å². The quantitative estimate of drug-likeness (QED) is 0.899. The Morgan fingerprint density at radius 2 is 1.90 bits per heavy atom. The summed E-state index contributed by atoms with van der Waals surface area (Å²) in [6.45, 7) is 6.95. The molecule has 1 aromatic carbocycles. The van der Waals surface area contributed by atoms with Gasteiger partial charge in [-0.05, 0) is 56.7 Å². The molecule has 112 valence electrons. The van der Waals surface area contributed by atoms with Crippen LogP contribution in [-0.2, 0) is 6.54 Å². The predicted molar refractivity (Wildman–Crippen MR) is 82.3 cm³/mol. The molecule has 2 rings (SSSR count). The molecule has 0 saturated carbocycles. The molecular formula is C16H18ClFN2O. The fraction of sp³-hybridized carbons (Fsp3) is 0.312. The summed E-state index contributed by atoms with van der Waals surface area (Å²) < 4.78 is 18.4. The molecule has 1 aromatic heterocycles. The van der Waals surface area contributed by atoms with Gasteiger partial charge < -0.3 is 10.1 Å². The highest BCUT2D eigenvalue weighted by molar-refractivity contribution is 6.31. The summed E-state index contributed by atoms with van der Waals surface area (Å²) in [6, 6.07) is 7.52. The molecule has 0 radical (unpaired) electrons. The normalized spacial score (nSPS) is 11.5. The van der Waals surface area contributed by atoms with Crippen molar-refractivity contribution in [3.8, 4) is 11.6 Å². The SMILES string of the molecule is CC(C)(C)NCc1cnc(Oc2ccc(F)cc2)c(Cl)c1. The van der Waals surface area contributed by atoms with E-state index in [-0.39, 0.29) is 11.4 Å². The number of benzene rings is 1. The molecule has 0 aliphatic carbocycles. The molecule has 5 heteroatoms. The number of hydrogen-bond donors (Lipinski definition) is 1. The minimum Gasteiger partial charge on any atom is -0.438 e. The molecule has 3 nitrogen and oxygen atoms in total. The van der Waals surface area contributed by atoms with E-state index < -0.39 is 0 Å². The van der Waals surface area contributed by atoms with Crippen LogP contribution in [0.2, 0.25) is 5.02 Å². The first kappa shape index (κ1) is 15.7. The molecule has 0 fully saturated rings. The zero-order valence-corrected chi connectivity index (χ0v) is 13.0. The van der Waals surface area contributed by atoms with Gasteiger partial charge >= 0.3 is 0 Å². The third-order valence-electron chi connectivity index (χ3n) is 2.72. The Hall–Kier alpha value is -1.65. The van der Waals surface area contributed by atoms with Gasteiger partial charge in [-0.2, -0.15) is 0 Å². The Bertz CT molecular complexity index is 609. The summed E-state index contributed by atoms with van der Waals surface area (Å²) in [5.74, 6) is 0.485. The average Bonchev–Trinajstić information content (AvgIpc) is 2.41. The van der Waals surface area contributed by atoms with E-state index in [2.05, 4.69) is 31.1 Å². The number of nitrogens with one attached hydrogen (secondary N) is 1. The fourth-order valence-electron chi connectivity index (χ4n) is 1.62. The first-order valence-corrected chi connectivity index (χ1v) is 7.04. The lowest BCUT2D eigenvalue weighted by molar-refractivity contribution is 0.423. The third kappa shape index (κ3) is 4.99. The summed E-state index contributed by atoms with van der Waals surface area (Å²) in [6.07, 6.45) is 1.71. The molecule has 0 unspecified atom stereocenters. The standard InChI is InChI=1S/C16H18ClFN2O/c1-16(2,3)20-10-11-8-14(17)15(19-9-11)21-13-6-4-12(18)5-7-13/h4-9,20H,10H2,1-3H3. The van der Waals surface area contributed by atoms with Crippen LogP contribution in [-0.4, -0.2) is 10.5 Å². The number of ether oxygens (including phenoxy) is 1. The smallest absolute Gasteiger partial charge is 0.238 e. The molecular weight excluding hydrogens is 291 g/mol. The van der Waals surface area contributed by atoms with Gasteiger partial charge in [0, 0.05) is 18.3 Å². The maximum absolute atomic E-state index is 12.8. The van der Waals surface area contributed by atoms with Crippen molar-refractivity contribution >= 4 is 11.6 Å². The molecule has 0 spiro atoms. The van der Waals surface area contributed by atoms with Gasteiger partial charge in [0.1, 0.15) is 16.6 Å². The monoisotopic (exact) mass is 308 g/mol. The van der Waals surface area contributed by atoms with Crippen molar-refractivity contribution in [3.05, 3.63) is 52.9 Å². The summed E-state index contributed by atoms with van der Waals surface area (Å²) in [7, 11) is 0. The van der Waals surface area contributed by atoms with Crippen molar-refractivity contribution in [2.24, 2.45) is 0 Å². The predicted octanol–water partition coefficient (Wildman–Crippen LogP) is 4.55. The molecule has 0 bridgehead atoms. The lowest BCUT2D eigenvalue weighted by Crippen LogP contribution is -2.35. The first-order valence-electron chi connectivity index (χ1n) is 6.66. The molecule has 0 aliphatic heterocycles. The van der Waals surface area contributed by atoms with Gasteiger partial charge in [0.15, 0.2) is 0 Å². The second kappa shape index (κ2) is 6.41. The van der Waals surface area contributed by atoms with E-state index >= 15 is 0 Å². The Kier molecular flexibility index (Phi) is 4.80. The van der Waals surface area contributed by atoms with Crippen LogP contribution in [0.1, 0.15) is 26.3 Å². The third-order valence-corrected chi connectivity index (χ3v) is 2.99. The van der Waals surface area contributed by atoms with E-state index in [0.717, 1.165) is 5.56 Å². The Labute approximate surface area is 129 Å². The minimum atomic E-state index is -0.315. The summed E-state index contributed by atoms with van der Waals surface area (Å²) in [5, 5.41) is 3.78. The average molecular weight is 309 g/mol. The van der Waals surface area contributed by atoms with Gasteiger partial charge in [-0.25, -0.2) is 9.37 Å². The van der Waals surface area contributed by atoms with Crippen LogP contribution >= 0.6 is 11.6 Å². The van der Waals surface area contributed by atoms with E-state index in [1.54, 1.807) is 6.20 Å². The Balaban J connectivity index is 2.07. The minimum absolute atomic E-state index is 0.0236. The van der Waals surface area contributed by atoms with Crippen molar-refractivity contribution < 1.29 is 9.13 Å². The topological polar surface area (TPSA) is 34.2 Å². The van der Waals surface area contributed by atoms with Crippen LogP contribution in [0.3, 0.4) is 0 Å². The van der Waals surface area contributed by atoms with E-state index in [4.69, 9.17) is 16.3 Å². The molecule has 1 N–H and O–H groups in total. The highest BCUT2D eigenvalue weighted by Gasteiger charge is 2.11. The van der Waals surface area contributed by atoms with E-state index in [0.29, 0.717) is 23.2 Å². The van der Waals surface area contributed by atoms with E-state index in [1.807, 2.05) is 6.07 Å². The first-order chi connectivity index (χ1) is 9.83. The summed E-state index contributed by atoms with van der Waals surface area (Å²) in [5.41, 5.74) is 0.997. The molecule has 0 atom stereocenters. The molecule has 0 aliphatic rings. The molecule has 0 amide bonds. The highest BCUT2D eigenvalue weighted by atomic mass is 35.5. The summed E-state index contributed by atoms with van der Waals surface area (Å²) in [4.78, 5) is 4.21.